The molecule has 1 aliphatic carbocycles. The van der Waals surface area contributed by atoms with Gasteiger partial charge in [0.2, 0.25) is 10.6 Å². The van der Waals surface area contributed by atoms with Crippen LogP contribution in [-0.2, 0) is 0 Å². The van der Waals surface area contributed by atoms with E-state index in [1.165, 1.54) is 31.2 Å². The van der Waals surface area contributed by atoms with E-state index >= 15 is 0 Å². The Labute approximate surface area is 136 Å². The summed E-state index contributed by atoms with van der Waals surface area (Å²) in [4.78, 5) is 0. The van der Waals surface area contributed by atoms with Gasteiger partial charge in [-0.15, -0.1) is 15.3 Å². The Kier molecular flexibility index (Phi) is 3.54. The number of rotatable bonds is 3. The van der Waals surface area contributed by atoms with E-state index in [2.05, 4.69) is 49.4 Å². The average Bonchev–Trinajstić information content (AvgIpc) is 3.19. The Morgan fingerprint density at radius 2 is 1.95 bits per heavy atom. The molecule has 0 bridgehead atoms. The number of benzene rings is 1. The lowest BCUT2D eigenvalue weighted by Crippen LogP contribution is -1.97. The summed E-state index contributed by atoms with van der Waals surface area (Å²) in [6.07, 6.45) is 5.22. The number of fused-ring (bicyclic) bond motifs is 1. The van der Waals surface area contributed by atoms with Crippen molar-refractivity contribution in [2.24, 2.45) is 0 Å². The van der Waals surface area contributed by atoms with Crippen LogP contribution >= 0.6 is 15.9 Å². The number of ether oxygens (including phenoxy) is 1. The second kappa shape index (κ2) is 5.68. The fraction of sp³-hybridized carbons (Fsp3) is 0.312. The molecule has 0 saturated heterocycles. The van der Waals surface area contributed by atoms with Gasteiger partial charge in [-0.2, -0.15) is 4.52 Å². The van der Waals surface area contributed by atoms with Crippen LogP contribution in [0.25, 0.3) is 5.65 Å². The van der Waals surface area contributed by atoms with Crippen molar-refractivity contribution in [3.63, 3.8) is 0 Å². The maximum Gasteiger partial charge on any atom is 0.237 e. The van der Waals surface area contributed by atoms with Crippen LogP contribution < -0.4 is 4.74 Å². The standard InChI is InChI=1S/C16H15BrN4O/c17-16-19-18-14-8-9-15(20-21(14)16)22-13-7-3-6-12(10-13)11-4-1-2-5-11/h3,6-11H,1-2,4-5H2. The van der Waals surface area contributed by atoms with Gasteiger partial charge in [0, 0.05) is 6.07 Å². The summed E-state index contributed by atoms with van der Waals surface area (Å²) in [5.41, 5.74) is 2.04. The normalized spacial score (nSPS) is 15.5. The van der Waals surface area contributed by atoms with Crippen LogP contribution in [0.4, 0.5) is 0 Å². The molecule has 1 aromatic carbocycles. The predicted molar refractivity (Wildman–Crippen MR) is 86.2 cm³/mol. The molecule has 0 radical (unpaired) electrons. The number of nitrogens with zero attached hydrogens (tertiary/aromatic N) is 4. The van der Waals surface area contributed by atoms with Gasteiger partial charge < -0.3 is 4.74 Å². The number of hydrogen-bond donors (Lipinski definition) is 0. The SMILES string of the molecule is Brc1nnc2ccc(Oc3cccc(C4CCCC4)c3)nn12. The van der Waals surface area contributed by atoms with Crippen molar-refractivity contribution in [2.75, 3.05) is 0 Å². The predicted octanol–water partition coefficient (Wildman–Crippen LogP) is 4.34. The highest BCUT2D eigenvalue weighted by atomic mass is 79.9. The largest absolute Gasteiger partial charge is 0.438 e. The van der Waals surface area contributed by atoms with Gasteiger partial charge in [0.05, 0.1) is 0 Å². The van der Waals surface area contributed by atoms with Gasteiger partial charge in [-0.25, -0.2) is 0 Å². The molecule has 1 aliphatic rings. The molecule has 0 N–H and O–H groups in total. The third-order valence-corrected chi connectivity index (χ3v) is 4.60. The summed E-state index contributed by atoms with van der Waals surface area (Å²) in [6.45, 7) is 0. The van der Waals surface area contributed by atoms with Crippen molar-refractivity contribution < 1.29 is 4.74 Å². The molecule has 4 rings (SSSR count). The molecule has 112 valence electrons. The molecule has 2 aromatic heterocycles. The van der Waals surface area contributed by atoms with E-state index in [4.69, 9.17) is 4.74 Å². The molecule has 5 nitrogen and oxygen atoms in total. The van der Waals surface area contributed by atoms with Gasteiger partial charge in [0.25, 0.3) is 0 Å². The quantitative estimate of drug-likeness (QED) is 0.698. The molecule has 3 aromatic rings. The first-order valence-corrected chi connectivity index (χ1v) is 8.25. The zero-order chi connectivity index (χ0) is 14.9. The third kappa shape index (κ3) is 2.59. The molecular weight excluding hydrogens is 344 g/mol. The number of aromatic nitrogens is 4. The molecular formula is C16H15BrN4O. The Balaban J connectivity index is 1.61. The number of halogens is 1. The highest BCUT2D eigenvalue weighted by molar-refractivity contribution is 9.10. The van der Waals surface area contributed by atoms with Crippen LogP contribution in [0, 0.1) is 0 Å². The minimum absolute atomic E-state index is 0.525. The maximum atomic E-state index is 5.90. The fourth-order valence-electron chi connectivity index (χ4n) is 3.01. The van der Waals surface area contributed by atoms with Gasteiger partial charge in [-0.1, -0.05) is 25.0 Å². The van der Waals surface area contributed by atoms with Crippen LogP contribution in [0.1, 0.15) is 37.2 Å². The highest BCUT2D eigenvalue weighted by Gasteiger charge is 2.17. The average molecular weight is 359 g/mol. The molecule has 6 heteroatoms. The van der Waals surface area contributed by atoms with Crippen molar-refractivity contribution >= 4 is 21.6 Å². The highest BCUT2D eigenvalue weighted by Crippen LogP contribution is 2.35. The Morgan fingerprint density at radius 1 is 1.09 bits per heavy atom. The minimum atomic E-state index is 0.525. The van der Waals surface area contributed by atoms with Crippen LogP contribution in [0.15, 0.2) is 41.1 Å². The lowest BCUT2D eigenvalue weighted by Gasteiger charge is -2.11. The molecule has 1 saturated carbocycles. The van der Waals surface area contributed by atoms with Gasteiger partial charge >= 0.3 is 0 Å². The fourth-order valence-corrected chi connectivity index (χ4v) is 3.35. The first kappa shape index (κ1) is 13.7. The van der Waals surface area contributed by atoms with E-state index in [1.54, 1.807) is 10.6 Å². The van der Waals surface area contributed by atoms with Crippen LogP contribution in [0.3, 0.4) is 0 Å². The topological polar surface area (TPSA) is 52.3 Å². The molecule has 1 fully saturated rings. The first-order valence-electron chi connectivity index (χ1n) is 7.45. The molecule has 0 atom stereocenters. The summed E-state index contributed by atoms with van der Waals surface area (Å²) in [7, 11) is 0. The van der Waals surface area contributed by atoms with Crippen molar-refractivity contribution in [3.05, 3.63) is 46.7 Å². The van der Waals surface area contributed by atoms with Crippen LogP contribution in [0.5, 0.6) is 11.6 Å². The summed E-state index contributed by atoms with van der Waals surface area (Å²) < 4.78 is 8.07. The van der Waals surface area contributed by atoms with Gasteiger partial charge in [0.1, 0.15) is 5.75 Å². The molecule has 22 heavy (non-hydrogen) atoms. The maximum absolute atomic E-state index is 5.90. The lowest BCUT2D eigenvalue weighted by atomic mass is 9.98. The molecule has 2 heterocycles. The second-order valence-electron chi connectivity index (χ2n) is 5.57. The lowest BCUT2D eigenvalue weighted by molar-refractivity contribution is 0.450. The molecule has 0 spiro atoms. The first-order chi connectivity index (χ1) is 10.8. The van der Waals surface area contributed by atoms with E-state index in [0.717, 1.165) is 5.75 Å². The van der Waals surface area contributed by atoms with E-state index in [0.29, 0.717) is 22.2 Å². The van der Waals surface area contributed by atoms with E-state index in [9.17, 15) is 0 Å². The zero-order valence-electron chi connectivity index (χ0n) is 11.9. The molecule has 0 amide bonds. The Bertz CT molecular complexity index is 811. The van der Waals surface area contributed by atoms with Crippen molar-refractivity contribution in [3.8, 4) is 11.6 Å². The smallest absolute Gasteiger partial charge is 0.237 e. The van der Waals surface area contributed by atoms with Crippen LogP contribution in [-0.4, -0.2) is 19.8 Å². The summed E-state index contributed by atoms with van der Waals surface area (Å²) in [5.74, 6) is 2.02. The van der Waals surface area contributed by atoms with Gasteiger partial charge in [-0.05, 0) is 58.5 Å². The monoisotopic (exact) mass is 358 g/mol. The second-order valence-corrected chi connectivity index (χ2v) is 6.28. The van der Waals surface area contributed by atoms with Crippen molar-refractivity contribution in [1.82, 2.24) is 19.8 Å². The molecule has 0 unspecified atom stereocenters. The van der Waals surface area contributed by atoms with E-state index < -0.39 is 0 Å². The van der Waals surface area contributed by atoms with E-state index in [1.807, 2.05) is 12.1 Å². The zero-order valence-corrected chi connectivity index (χ0v) is 13.5. The summed E-state index contributed by atoms with van der Waals surface area (Å²) in [5, 5.41) is 12.3. The Hall–Kier alpha value is -1.95. The Morgan fingerprint density at radius 3 is 2.82 bits per heavy atom. The summed E-state index contributed by atoms with van der Waals surface area (Å²) in [6, 6.07) is 12.0. The minimum Gasteiger partial charge on any atom is -0.438 e. The van der Waals surface area contributed by atoms with Crippen molar-refractivity contribution in [1.29, 1.82) is 0 Å². The van der Waals surface area contributed by atoms with Gasteiger partial charge in [-0.3, -0.25) is 0 Å². The third-order valence-electron chi connectivity index (χ3n) is 4.11. The summed E-state index contributed by atoms with van der Waals surface area (Å²) >= 11 is 3.31. The number of hydrogen-bond acceptors (Lipinski definition) is 4. The van der Waals surface area contributed by atoms with Crippen molar-refractivity contribution in [2.45, 2.75) is 31.6 Å². The van der Waals surface area contributed by atoms with Gasteiger partial charge in [0.15, 0.2) is 5.65 Å². The molecule has 0 aliphatic heterocycles. The van der Waals surface area contributed by atoms with E-state index in [-0.39, 0.29) is 0 Å². The van der Waals surface area contributed by atoms with Crippen LogP contribution in [0.2, 0.25) is 0 Å².